The molecule has 164 valence electrons. The number of amides is 1. The highest BCUT2D eigenvalue weighted by Gasteiger charge is 2.49. The van der Waals surface area contributed by atoms with Gasteiger partial charge >= 0.3 is 5.97 Å². The zero-order valence-electron chi connectivity index (χ0n) is 17.9. The Balaban J connectivity index is 1.56. The van der Waals surface area contributed by atoms with Gasteiger partial charge < -0.3 is 24.4 Å². The van der Waals surface area contributed by atoms with Gasteiger partial charge in [0.1, 0.15) is 5.75 Å². The molecule has 0 radical (unpaired) electrons. The highest BCUT2D eigenvalue weighted by molar-refractivity contribution is 6.04. The van der Waals surface area contributed by atoms with Crippen molar-refractivity contribution in [3.8, 4) is 5.75 Å². The van der Waals surface area contributed by atoms with E-state index in [9.17, 15) is 14.7 Å². The largest absolute Gasteiger partial charge is 0.464 e. The molecule has 0 aliphatic carbocycles. The summed E-state index contributed by atoms with van der Waals surface area (Å²) in [5.41, 5.74) is 3.67. The summed E-state index contributed by atoms with van der Waals surface area (Å²) < 4.78 is 11.2. The molecule has 0 aromatic heterocycles. The van der Waals surface area contributed by atoms with Crippen molar-refractivity contribution in [2.75, 3.05) is 11.5 Å². The molecule has 32 heavy (non-hydrogen) atoms. The van der Waals surface area contributed by atoms with E-state index in [0.717, 1.165) is 16.7 Å². The summed E-state index contributed by atoms with van der Waals surface area (Å²) in [7, 11) is 0. The van der Waals surface area contributed by atoms with Crippen LogP contribution in [-0.2, 0) is 9.53 Å². The van der Waals surface area contributed by atoms with E-state index < -0.39 is 24.5 Å². The number of hydrogen-bond donors (Lipinski definition) is 1. The lowest BCUT2D eigenvalue weighted by Crippen LogP contribution is -2.48. The minimum atomic E-state index is -1.00. The third-order valence-electron chi connectivity index (χ3n) is 6.07. The Labute approximate surface area is 186 Å². The smallest absolute Gasteiger partial charge is 0.330 e. The van der Waals surface area contributed by atoms with E-state index in [1.165, 1.54) is 6.08 Å². The second-order valence-electron chi connectivity index (χ2n) is 8.08. The molecule has 7 heteroatoms. The highest BCUT2D eigenvalue weighted by atomic mass is 16.5. The van der Waals surface area contributed by atoms with E-state index in [1.54, 1.807) is 35.1 Å². The van der Waals surface area contributed by atoms with Crippen LogP contribution in [0, 0.1) is 6.92 Å². The Morgan fingerprint density at radius 2 is 2.03 bits per heavy atom. The first-order valence-corrected chi connectivity index (χ1v) is 10.7. The van der Waals surface area contributed by atoms with Crippen molar-refractivity contribution >= 4 is 17.6 Å². The number of carbonyl (C=O) groups is 2. The summed E-state index contributed by atoms with van der Waals surface area (Å²) in [6.45, 7) is 3.97. The van der Waals surface area contributed by atoms with Crippen LogP contribution >= 0.6 is 0 Å². The number of allylic oxidation sites excluding steroid dienone is 1. The van der Waals surface area contributed by atoms with Gasteiger partial charge in [0.2, 0.25) is 6.23 Å². The number of benzene rings is 2. The number of ether oxygens (including phenoxy) is 2. The van der Waals surface area contributed by atoms with Gasteiger partial charge in [0, 0.05) is 17.8 Å². The van der Waals surface area contributed by atoms with Gasteiger partial charge in [-0.3, -0.25) is 4.79 Å². The SMILES string of the molecule is CCOC(=O)/C=C/C1=CN2C(=O)c3ccc(C)c4c3N(C(c3ccccc3)O4)C(O)[C@@H]2C1. The van der Waals surface area contributed by atoms with Crippen LogP contribution in [0.1, 0.15) is 41.1 Å². The number of aryl methyl sites for hydroxylation is 1. The molecule has 5 rings (SSSR count). The van der Waals surface area contributed by atoms with Crippen molar-refractivity contribution in [1.29, 1.82) is 0 Å². The van der Waals surface area contributed by atoms with Gasteiger partial charge in [-0.15, -0.1) is 0 Å². The van der Waals surface area contributed by atoms with Crippen molar-refractivity contribution in [3.63, 3.8) is 0 Å². The molecule has 3 heterocycles. The summed E-state index contributed by atoms with van der Waals surface area (Å²) >= 11 is 0. The summed E-state index contributed by atoms with van der Waals surface area (Å²) in [5.74, 6) is -0.0223. The van der Waals surface area contributed by atoms with Crippen LogP contribution in [0.3, 0.4) is 0 Å². The van der Waals surface area contributed by atoms with Gasteiger partial charge in [-0.05, 0) is 37.5 Å². The van der Waals surface area contributed by atoms with E-state index >= 15 is 0 Å². The Bertz CT molecular complexity index is 1140. The molecule has 2 aromatic carbocycles. The van der Waals surface area contributed by atoms with E-state index in [1.807, 2.05) is 43.3 Å². The van der Waals surface area contributed by atoms with Crippen LogP contribution in [0.15, 0.2) is 66.4 Å². The second-order valence-corrected chi connectivity index (χ2v) is 8.08. The molecule has 0 saturated carbocycles. The second kappa shape index (κ2) is 7.84. The lowest BCUT2D eigenvalue weighted by atomic mass is 10.1. The number of fused-ring (bicyclic) bond motifs is 1. The van der Waals surface area contributed by atoms with E-state index in [-0.39, 0.29) is 5.91 Å². The van der Waals surface area contributed by atoms with Gasteiger partial charge in [0.05, 0.1) is 23.9 Å². The number of nitrogens with zero attached hydrogens (tertiary/aromatic N) is 2. The van der Waals surface area contributed by atoms with Gasteiger partial charge in [-0.25, -0.2) is 4.79 Å². The Morgan fingerprint density at radius 3 is 2.78 bits per heavy atom. The zero-order chi connectivity index (χ0) is 22.4. The van der Waals surface area contributed by atoms with Gasteiger partial charge in [0.25, 0.3) is 5.91 Å². The summed E-state index contributed by atoms with van der Waals surface area (Å²) in [5, 5.41) is 11.5. The molecule has 3 aliphatic heterocycles. The molecular weight excluding hydrogens is 408 g/mol. The molecule has 3 aliphatic rings. The first kappa shape index (κ1) is 20.3. The topological polar surface area (TPSA) is 79.3 Å². The zero-order valence-corrected chi connectivity index (χ0v) is 17.9. The van der Waals surface area contributed by atoms with E-state index in [0.29, 0.717) is 30.0 Å². The maximum absolute atomic E-state index is 13.5. The maximum atomic E-state index is 13.5. The highest BCUT2D eigenvalue weighted by Crippen LogP contribution is 2.51. The van der Waals surface area contributed by atoms with Gasteiger partial charge in [-0.2, -0.15) is 0 Å². The maximum Gasteiger partial charge on any atom is 0.330 e. The van der Waals surface area contributed by atoms with Crippen molar-refractivity contribution in [1.82, 2.24) is 4.90 Å². The standard InChI is InChI=1S/C25H24N2O5/c1-3-31-20(28)12-10-16-13-19-24(30)27-21-18(23(29)26(19)14-16)11-9-15(2)22(21)32-25(27)17-7-5-4-6-8-17/h4-12,14,19,24-25,30H,3,13H2,1-2H3/b12-10+/t19-,24?,25?/m0/s1. The lowest BCUT2D eigenvalue weighted by Gasteiger charge is -2.34. The average Bonchev–Trinajstić information content (AvgIpc) is 3.39. The van der Waals surface area contributed by atoms with Crippen molar-refractivity contribution in [3.05, 3.63) is 83.1 Å². The third kappa shape index (κ3) is 3.17. The Kier molecular flexibility index (Phi) is 4.98. The average molecular weight is 432 g/mol. The molecular formula is C25H24N2O5. The molecule has 2 aromatic rings. The van der Waals surface area contributed by atoms with Crippen LogP contribution in [0.4, 0.5) is 5.69 Å². The minimum Gasteiger partial charge on any atom is -0.464 e. The number of hydrogen-bond acceptors (Lipinski definition) is 6. The summed E-state index contributed by atoms with van der Waals surface area (Å²) in [6, 6.07) is 12.8. The quantitative estimate of drug-likeness (QED) is 0.589. The van der Waals surface area contributed by atoms with Crippen molar-refractivity contribution < 1.29 is 24.2 Å². The number of anilines is 1. The fourth-order valence-corrected chi connectivity index (χ4v) is 4.58. The monoisotopic (exact) mass is 432 g/mol. The first-order chi connectivity index (χ1) is 15.5. The number of aliphatic hydroxyl groups is 1. The lowest BCUT2D eigenvalue weighted by molar-refractivity contribution is -0.137. The van der Waals surface area contributed by atoms with Crippen LogP contribution in [0.5, 0.6) is 5.75 Å². The van der Waals surface area contributed by atoms with Crippen molar-refractivity contribution in [2.24, 2.45) is 0 Å². The molecule has 0 spiro atoms. The van der Waals surface area contributed by atoms with Crippen LogP contribution in [-0.4, -0.2) is 40.8 Å². The molecule has 3 atom stereocenters. The molecule has 1 N–H and O–H groups in total. The molecule has 7 nitrogen and oxygen atoms in total. The van der Waals surface area contributed by atoms with Crippen LogP contribution in [0.2, 0.25) is 0 Å². The van der Waals surface area contributed by atoms with Crippen molar-refractivity contribution in [2.45, 2.75) is 38.8 Å². The van der Waals surface area contributed by atoms with E-state index in [2.05, 4.69) is 0 Å². The summed E-state index contributed by atoms with van der Waals surface area (Å²) in [4.78, 5) is 28.6. The molecule has 0 bridgehead atoms. The third-order valence-corrected chi connectivity index (χ3v) is 6.07. The Hall–Kier alpha value is -3.58. The fourth-order valence-electron chi connectivity index (χ4n) is 4.58. The number of aliphatic hydroxyl groups excluding tert-OH is 1. The minimum absolute atomic E-state index is 0.204. The molecule has 2 unspecified atom stereocenters. The van der Waals surface area contributed by atoms with Crippen LogP contribution in [0.25, 0.3) is 0 Å². The first-order valence-electron chi connectivity index (χ1n) is 10.7. The number of esters is 1. The van der Waals surface area contributed by atoms with Gasteiger partial charge in [0.15, 0.2) is 6.23 Å². The normalized spacial score (nSPS) is 23.5. The van der Waals surface area contributed by atoms with E-state index in [4.69, 9.17) is 9.47 Å². The molecule has 0 fully saturated rings. The predicted molar refractivity (Wildman–Crippen MR) is 118 cm³/mol. The molecule has 1 amide bonds. The van der Waals surface area contributed by atoms with Gasteiger partial charge in [-0.1, -0.05) is 42.5 Å². The summed E-state index contributed by atoms with van der Waals surface area (Å²) in [6.07, 6.45) is 3.55. The predicted octanol–water partition coefficient (Wildman–Crippen LogP) is 3.44. The fraction of sp³-hybridized carbons (Fsp3) is 0.280. The number of rotatable bonds is 4. The van der Waals surface area contributed by atoms with Crippen LogP contribution < -0.4 is 9.64 Å². The molecule has 0 saturated heterocycles. The Morgan fingerprint density at radius 1 is 1.25 bits per heavy atom. The number of carbonyl (C=O) groups excluding carboxylic acids is 2.